The molecular weight excluding hydrogens is 388 g/mol. The van der Waals surface area contributed by atoms with Crippen LogP contribution in [-0.4, -0.2) is 18.0 Å². The highest BCUT2D eigenvalue weighted by molar-refractivity contribution is 8.00. The number of thioether (sulfide) groups is 1. The van der Waals surface area contributed by atoms with Crippen LogP contribution in [0, 0.1) is 0 Å². The molecular formula is C19H17ClN2O2S2. The van der Waals surface area contributed by atoms with Crippen LogP contribution in [0.15, 0.2) is 58.3 Å². The number of nitrogens with zero attached hydrogens (tertiary/aromatic N) is 1. The third-order valence-electron chi connectivity index (χ3n) is 3.50. The summed E-state index contributed by atoms with van der Waals surface area (Å²) in [6.07, 6.45) is 0.250. The van der Waals surface area contributed by atoms with Crippen LogP contribution in [-0.2, 0) is 17.0 Å². The Morgan fingerprint density at radius 2 is 2.08 bits per heavy atom. The molecule has 0 unspecified atom stereocenters. The highest BCUT2D eigenvalue weighted by Crippen LogP contribution is 2.27. The zero-order valence-electron chi connectivity index (χ0n) is 14.1. The van der Waals surface area contributed by atoms with Crippen LogP contribution >= 0.6 is 34.7 Å². The lowest BCUT2D eigenvalue weighted by atomic mass is 10.2. The van der Waals surface area contributed by atoms with Gasteiger partial charge in [-0.2, -0.15) is 0 Å². The summed E-state index contributed by atoms with van der Waals surface area (Å²) in [5.74, 6) is 1.46. The molecule has 2 aromatic carbocycles. The molecule has 26 heavy (non-hydrogen) atoms. The number of rotatable bonds is 7. The van der Waals surface area contributed by atoms with Crippen molar-refractivity contribution in [2.45, 2.75) is 16.5 Å². The zero-order chi connectivity index (χ0) is 18.4. The number of hydrogen-bond acceptors (Lipinski definition) is 5. The number of methoxy groups -OCH3 is 1. The van der Waals surface area contributed by atoms with Gasteiger partial charge >= 0.3 is 0 Å². The maximum absolute atomic E-state index is 12.2. The van der Waals surface area contributed by atoms with Gasteiger partial charge in [0.1, 0.15) is 10.1 Å². The van der Waals surface area contributed by atoms with Crippen molar-refractivity contribution in [1.29, 1.82) is 0 Å². The Kier molecular flexibility index (Phi) is 6.55. The summed E-state index contributed by atoms with van der Waals surface area (Å²) in [5, 5.41) is 5.52. The molecule has 0 aliphatic heterocycles. The highest BCUT2D eigenvalue weighted by atomic mass is 35.5. The van der Waals surface area contributed by atoms with Gasteiger partial charge in [-0.15, -0.1) is 11.3 Å². The summed E-state index contributed by atoms with van der Waals surface area (Å²) in [7, 11) is 1.61. The van der Waals surface area contributed by atoms with Crippen LogP contribution in [0.25, 0.3) is 0 Å². The van der Waals surface area contributed by atoms with E-state index in [0.717, 1.165) is 37.8 Å². The molecule has 0 fully saturated rings. The SMILES string of the molecule is COc1ccc(NC(=O)Cc2csc(SCc3cccc(Cl)c3)n2)cc1. The van der Waals surface area contributed by atoms with Crippen LogP contribution < -0.4 is 10.1 Å². The first-order valence-electron chi connectivity index (χ1n) is 7.88. The van der Waals surface area contributed by atoms with Gasteiger partial charge in [0.25, 0.3) is 0 Å². The summed E-state index contributed by atoms with van der Waals surface area (Å²) < 4.78 is 6.04. The van der Waals surface area contributed by atoms with Gasteiger partial charge in [-0.25, -0.2) is 4.98 Å². The van der Waals surface area contributed by atoms with E-state index in [4.69, 9.17) is 16.3 Å². The molecule has 0 aliphatic rings. The van der Waals surface area contributed by atoms with E-state index < -0.39 is 0 Å². The van der Waals surface area contributed by atoms with Crippen molar-refractivity contribution >= 4 is 46.3 Å². The lowest BCUT2D eigenvalue weighted by Crippen LogP contribution is -2.14. The topological polar surface area (TPSA) is 51.2 Å². The molecule has 1 aromatic heterocycles. The van der Waals surface area contributed by atoms with E-state index in [1.165, 1.54) is 0 Å². The zero-order valence-corrected chi connectivity index (χ0v) is 16.5. The summed E-state index contributed by atoms with van der Waals surface area (Å²) in [6.45, 7) is 0. The molecule has 0 aliphatic carbocycles. The minimum Gasteiger partial charge on any atom is -0.497 e. The molecule has 1 amide bonds. The van der Waals surface area contributed by atoms with Gasteiger partial charge in [-0.1, -0.05) is 35.5 Å². The Balaban J connectivity index is 1.51. The van der Waals surface area contributed by atoms with Crippen LogP contribution in [0.3, 0.4) is 0 Å². The van der Waals surface area contributed by atoms with Crippen LogP contribution in [0.5, 0.6) is 5.75 Å². The molecule has 0 saturated heterocycles. The van der Waals surface area contributed by atoms with Crippen molar-refractivity contribution in [1.82, 2.24) is 4.98 Å². The summed E-state index contributed by atoms with van der Waals surface area (Å²) in [6, 6.07) is 15.0. The van der Waals surface area contributed by atoms with E-state index in [9.17, 15) is 4.79 Å². The number of thiazole rings is 1. The van der Waals surface area contributed by atoms with E-state index in [-0.39, 0.29) is 12.3 Å². The molecule has 0 spiro atoms. The van der Waals surface area contributed by atoms with Gasteiger partial charge in [0, 0.05) is 21.8 Å². The molecule has 7 heteroatoms. The lowest BCUT2D eigenvalue weighted by Gasteiger charge is -2.05. The molecule has 3 aromatic rings. The average Bonchev–Trinajstić information content (AvgIpc) is 3.08. The van der Waals surface area contributed by atoms with E-state index in [2.05, 4.69) is 10.3 Å². The van der Waals surface area contributed by atoms with E-state index in [1.54, 1.807) is 30.2 Å². The molecule has 4 nitrogen and oxygen atoms in total. The molecule has 0 bridgehead atoms. The quantitative estimate of drug-likeness (QED) is 0.544. The fourth-order valence-electron chi connectivity index (χ4n) is 2.25. The van der Waals surface area contributed by atoms with Crippen molar-refractivity contribution in [3.8, 4) is 5.75 Å². The predicted molar refractivity (Wildman–Crippen MR) is 108 cm³/mol. The van der Waals surface area contributed by atoms with Gasteiger partial charge < -0.3 is 10.1 Å². The highest BCUT2D eigenvalue weighted by Gasteiger charge is 2.09. The number of anilines is 1. The Morgan fingerprint density at radius 1 is 1.27 bits per heavy atom. The van der Waals surface area contributed by atoms with E-state index in [1.807, 2.05) is 53.9 Å². The fourth-order valence-corrected chi connectivity index (χ4v) is 4.25. The number of carbonyl (C=O) groups excluding carboxylic acids is 1. The third kappa shape index (κ3) is 5.49. The summed E-state index contributed by atoms with van der Waals surface area (Å²) in [5.41, 5.74) is 2.66. The number of carbonyl (C=O) groups is 1. The maximum atomic E-state index is 12.2. The monoisotopic (exact) mass is 404 g/mol. The average molecular weight is 405 g/mol. The molecule has 0 radical (unpaired) electrons. The smallest absolute Gasteiger partial charge is 0.230 e. The number of benzene rings is 2. The van der Waals surface area contributed by atoms with Gasteiger partial charge in [0.2, 0.25) is 5.91 Å². The molecule has 134 valence electrons. The fraction of sp³-hybridized carbons (Fsp3) is 0.158. The number of nitrogens with one attached hydrogen (secondary N) is 1. The summed E-state index contributed by atoms with van der Waals surface area (Å²) >= 11 is 9.19. The molecule has 1 N–H and O–H groups in total. The second-order valence-electron chi connectivity index (χ2n) is 5.48. The Labute approximate surface area is 165 Å². The minimum atomic E-state index is -0.0909. The number of ether oxygens (including phenoxy) is 1. The second kappa shape index (κ2) is 9.07. The number of aromatic nitrogens is 1. The second-order valence-corrected chi connectivity index (χ2v) is 7.99. The first-order chi connectivity index (χ1) is 12.6. The minimum absolute atomic E-state index is 0.0909. The van der Waals surface area contributed by atoms with Gasteiger partial charge in [0.15, 0.2) is 0 Å². The first kappa shape index (κ1) is 18.8. The van der Waals surface area contributed by atoms with Crippen molar-refractivity contribution in [3.05, 3.63) is 70.2 Å². The van der Waals surface area contributed by atoms with E-state index >= 15 is 0 Å². The lowest BCUT2D eigenvalue weighted by molar-refractivity contribution is -0.115. The van der Waals surface area contributed by atoms with Crippen LogP contribution in [0.1, 0.15) is 11.3 Å². The molecule has 0 saturated carbocycles. The van der Waals surface area contributed by atoms with Gasteiger partial charge in [-0.05, 0) is 42.0 Å². The first-order valence-corrected chi connectivity index (χ1v) is 10.1. The van der Waals surface area contributed by atoms with Crippen LogP contribution in [0.4, 0.5) is 5.69 Å². The predicted octanol–water partition coefficient (Wildman–Crippen LogP) is 5.28. The van der Waals surface area contributed by atoms with Crippen molar-refractivity contribution in [2.75, 3.05) is 12.4 Å². The Morgan fingerprint density at radius 3 is 2.81 bits per heavy atom. The Hall–Kier alpha value is -2.02. The molecule has 0 atom stereocenters. The number of halogens is 1. The van der Waals surface area contributed by atoms with Crippen molar-refractivity contribution in [3.63, 3.8) is 0 Å². The standard InChI is InChI=1S/C19H17ClN2O2S2/c1-24-17-7-5-15(6-8-17)21-18(23)10-16-12-26-19(22-16)25-11-13-3-2-4-14(20)9-13/h2-9,12H,10-11H2,1H3,(H,21,23). The largest absolute Gasteiger partial charge is 0.497 e. The van der Waals surface area contributed by atoms with Gasteiger partial charge in [0.05, 0.1) is 19.2 Å². The Bertz CT molecular complexity index is 881. The number of hydrogen-bond donors (Lipinski definition) is 1. The molecule has 1 heterocycles. The van der Waals surface area contributed by atoms with E-state index in [0.29, 0.717) is 0 Å². The summed E-state index contributed by atoms with van der Waals surface area (Å²) in [4.78, 5) is 16.7. The number of amides is 1. The third-order valence-corrected chi connectivity index (χ3v) is 5.87. The molecule has 3 rings (SSSR count). The van der Waals surface area contributed by atoms with Crippen molar-refractivity contribution < 1.29 is 9.53 Å². The van der Waals surface area contributed by atoms with Gasteiger partial charge in [-0.3, -0.25) is 4.79 Å². The normalized spacial score (nSPS) is 10.5. The van der Waals surface area contributed by atoms with Crippen molar-refractivity contribution in [2.24, 2.45) is 0 Å². The van der Waals surface area contributed by atoms with Crippen LogP contribution in [0.2, 0.25) is 5.02 Å². The maximum Gasteiger partial charge on any atom is 0.230 e.